The summed E-state index contributed by atoms with van der Waals surface area (Å²) in [6, 6.07) is 26.4. The molecule has 0 spiro atoms. The van der Waals surface area contributed by atoms with E-state index in [-0.39, 0.29) is 18.3 Å². The molecule has 4 aromatic rings. The largest absolute Gasteiger partial charge is 0.489 e. The van der Waals surface area contributed by atoms with Gasteiger partial charge in [0.15, 0.2) is 5.76 Å². The van der Waals surface area contributed by atoms with Crippen LogP contribution in [0, 0.1) is 0 Å². The fourth-order valence-corrected chi connectivity index (χ4v) is 2.81. The van der Waals surface area contributed by atoms with Gasteiger partial charge in [-0.3, -0.25) is 4.79 Å². The number of anilines is 1. The summed E-state index contributed by atoms with van der Waals surface area (Å²) in [6.07, 6.45) is 0. The molecule has 0 aliphatic heterocycles. The van der Waals surface area contributed by atoms with Gasteiger partial charge < -0.3 is 14.5 Å². The predicted molar refractivity (Wildman–Crippen MR) is 101 cm³/mol. The Morgan fingerprint density at radius 3 is 2.27 bits per heavy atom. The van der Waals surface area contributed by atoms with Crippen molar-refractivity contribution in [1.29, 1.82) is 0 Å². The number of para-hydroxylation sites is 3. The van der Waals surface area contributed by atoms with Gasteiger partial charge in [-0.15, -0.1) is 0 Å². The Kier molecular flexibility index (Phi) is 4.39. The minimum Gasteiger partial charge on any atom is -0.489 e. The molecule has 4 rings (SSSR count). The van der Waals surface area contributed by atoms with E-state index in [0.717, 1.165) is 16.7 Å². The highest BCUT2D eigenvalue weighted by atomic mass is 16.5. The molecule has 0 unspecified atom stereocenters. The lowest BCUT2D eigenvalue weighted by Gasteiger charge is -2.07. The van der Waals surface area contributed by atoms with Crippen molar-refractivity contribution in [1.82, 2.24) is 0 Å². The van der Waals surface area contributed by atoms with Crippen LogP contribution in [-0.2, 0) is 6.61 Å². The number of fused-ring (bicyclic) bond motifs is 1. The third-order valence-electron chi connectivity index (χ3n) is 4.06. The van der Waals surface area contributed by atoms with Crippen LogP contribution in [0.2, 0.25) is 0 Å². The van der Waals surface area contributed by atoms with E-state index in [4.69, 9.17) is 9.15 Å². The van der Waals surface area contributed by atoms with Crippen molar-refractivity contribution in [2.45, 2.75) is 6.61 Å². The Hall–Kier alpha value is -3.53. The van der Waals surface area contributed by atoms with Crippen LogP contribution in [0.4, 0.5) is 5.69 Å². The number of amides is 1. The maximum absolute atomic E-state index is 12.8. The van der Waals surface area contributed by atoms with Gasteiger partial charge in [-0.2, -0.15) is 0 Å². The normalized spacial score (nSPS) is 10.6. The van der Waals surface area contributed by atoms with E-state index >= 15 is 0 Å². The van der Waals surface area contributed by atoms with Gasteiger partial charge in [-0.05, 0) is 30.3 Å². The second kappa shape index (κ2) is 7.15. The monoisotopic (exact) mass is 343 g/mol. The molecule has 3 aromatic carbocycles. The van der Waals surface area contributed by atoms with Crippen LogP contribution < -0.4 is 10.1 Å². The average Bonchev–Trinajstić information content (AvgIpc) is 3.07. The summed E-state index contributed by atoms with van der Waals surface area (Å²) in [5.74, 6) is 0.720. The first-order chi connectivity index (χ1) is 12.8. The van der Waals surface area contributed by atoms with E-state index < -0.39 is 0 Å². The zero-order valence-electron chi connectivity index (χ0n) is 14.0. The Labute approximate surface area is 151 Å². The van der Waals surface area contributed by atoms with Gasteiger partial charge >= 0.3 is 0 Å². The third kappa shape index (κ3) is 3.30. The summed E-state index contributed by atoms with van der Waals surface area (Å²) in [7, 11) is 0. The average molecular weight is 343 g/mol. The minimum atomic E-state index is -0.293. The van der Waals surface area contributed by atoms with Crippen LogP contribution in [0.3, 0.4) is 0 Å². The van der Waals surface area contributed by atoms with Crippen molar-refractivity contribution < 1.29 is 13.9 Å². The third-order valence-corrected chi connectivity index (χ3v) is 4.06. The molecule has 4 heteroatoms. The maximum Gasteiger partial charge on any atom is 0.291 e. The van der Waals surface area contributed by atoms with Crippen molar-refractivity contribution in [3.63, 3.8) is 0 Å². The number of ether oxygens (including phenoxy) is 1. The zero-order chi connectivity index (χ0) is 17.8. The fourth-order valence-electron chi connectivity index (χ4n) is 2.81. The number of carbonyl (C=O) groups is 1. The Bertz CT molecular complexity index is 1020. The first-order valence-electron chi connectivity index (χ1n) is 8.36. The topological polar surface area (TPSA) is 51.5 Å². The highest BCUT2D eigenvalue weighted by molar-refractivity contribution is 6.06. The number of hydrogen-bond acceptors (Lipinski definition) is 3. The lowest BCUT2D eigenvalue weighted by Crippen LogP contribution is -2.13. The first kappa shape index (κ1) is 16.0. The van der Waals surface area contributed by atoms with Gasteiger partial charge in [0.05, 0.1) is 0 Å². The van der Waals surface area contributed by atoms with E-state index in [0.29, 0.717) is 11.3 Å². The van der Waals surface area contributed by atoms with Crippen LogP contribution in [-0.4, -0.2) is 5.91 Å². The molecule has 0 bridgehead atoms. The summed E-state index contributed by atoms with van der Waals surface area (Å²) in [4.78, 5) is 12.8. The number of nitrogens with one attached hydrogen (secondary N) is 1. The van der Waals surface area contributed by atoms with Gasteiger partial charge in [-0.1, -0.05) is 54.6 Å². The van der Waals surface area contributed by atoms with Crippen molar-refractivity contribution in [3.8, 4) is 5.75 Å². The lowest BCUT2D eigenvalue weighted by molar-refractivity contribution is 0.0995. The summed E-state index contributed by atoms with van der Waals surface area (Å²) in [5, 5.41) is 3.75. The van der Waals surface area contributed by atoms with Gasteiger partial charge in [-0.25, -0.2) is 0 Å². The number of rotatable bonds is 5. The molecule has 0 saturated heterocycles. The van der Waals surface area contributed by atoms with Gasteiger partial charge in [0.1, 0.15) is 17.9 Å². The maximum atomic E-state index is 12.8. The molecular weight excluding hydrogens is 326 g/mol. The fraction of sp³-hybridized carbons (Fsp3) is 0.0455. The highest BCUT2D eigenvalue weighted by Gasteiger charge is 2.21. The van der Waals surface area contributed by atoms with Crippen molar-refractivity contribution >= 4 is 22.6 Å². The second-order valence-electron chi connectivity index (χ2n) is 5.83. The first-order valence-corrected chi connectivity index (χ1v) is 8.36. The molecule has 1 N–H and O–H groups in total. The number of benzene rings is 3. The molecule has 128 valence electrons. The molecule has 26 heavy (non-hydrogen) atoms. The van der Waals surface area contributed by atoms with Crippen LogP contribution in [0.25, 0.3) is 11.0 Å². The van der Waals surface area contributed by atoms with E-state index in [2.05, 4.69) is 5.32 Å². The zero-order valence-corrected chi connectivity index (χ0v) is 14.0. The lowest BCUT2D eigenvalue weighted by atomic mass is 10.1. The number of hydrogen-bond donors (Lipinski definition) is 1. The smallest absolute Gasteiger partial charge is 0.291 e. The molecule has 0 fully saturated rings. The molecule has 1 heterocycles. The number of furan rings is 1. The molecule has 4 nitrogen and oxygen atoms in total. The summed E-state index contributed by atoms with van der Waals surface area (Å²) >= 11 is 0. The van der Waals surface area contributed by atoms with Crippen LogP contribution in [0.15, 0.2) is 89.3 Å². The van der Waals surface area contributed by atoms with Gasteiger partial charge in [0, 0.05) is 16.6 Å². The number of carbonyl (C=O) groups excluding carboxylic acids is 1. The summed E-state index contributed by atoms with van der Waals surface area (Å²) < 4.78 is 11.7. The molecule has 0 aliphatic rings. The van der Waals surface area contributed by atoms with Crippen molar-refractivity contribution in [3.05, 3.63) is 96.3 Å². The van der Waals surface area contributed by atoms with E-state index in [1.54, 1.807) is 0 Å². The Morgan fingerprint density at radius 2 is 1.50 bits per heavy atom. The quantitative estimate of drug-likeness (QED) is 0.537. The summed E-state index contributed by atoms with van der Waals surface area (Å²) in [5.41, 5.74) is 2.11. The van der Waals surface area contributed by atoms with Crippen LogP contribution >= 0.6 is 0 Å². The molecule has 0 atom stereocenters. The van der Waals surface area contributed by atoms with E-state index in [1.807, 2.05) is 84.9 Å². The molecular formula is C22H17NO3. The standard InChI is InChI=1S/C22H17NO3/c24-22(23-16-9-3-1-4-10-16)21-19(15-25-17-11-5-2-6-12-17)18-13-7-8-14-20(18)26-21/h1-14H,15H2,(H,23,24). The van der Waals surface area contributed by atoms with Crippen LogP contribution in [0.5, 0.6) is 5.75 Å². The van der Waals surface area contributed by atoms with E-state index in [1.165, 1.54) is 0 Å². The molecule has 0 radical (unpaired) electrons. The second-order valence-corrected chi connectivity index (χ2v) is 5.83. The van der Waals surface area contributed by atoms with Crippen molar-refractivity contribution in [2.75, 3.05) is 5.32 Å². The summed E-state index contributed by atoms with van der Waals surface area (Å²) in [6.45, 7) is 0.249. The minimum absolute atomic E-state index is 0.249. The van der Waals surface area contributed by atoms with Gasteiger partial charge in [0.25, 0.3) is 5.91 Å². The Balaban J connectivity index is 1.66. The van der Waals surface area contributed by atoms with Crippen LogP contribution in [0.1, 0.15) is 16.1 Å². The van der Waals surface area contributed by atoms with E-state index in [9.17, 15) is 4.79 Å². The molecule has 1 aromatic heterocycles. The molecule has 0 aliphatic carbocycles. The highest BCUT2D eigenvalue weighted by Crippen LogP contribution is 2.28. The molecule has 1 amide bonds. The molecule has 0 saturated carbocycles. The van der Waals surface area contributed by atoms with Crippen molar-refractivity contribution in [2.24, 2.45) is 0 Å². The Morgan fingerprint density at radius 1 is 0.846 bits per heavy atom. The van der Waals surface area contributed by atoms with Gasteiger partial charge in [0.2, 0.25) is 0 Å². The SMILES string of the molecule is O=C(Nc1ccccc1)c1oc2ccccc2c1COc1ccccc1. The predicted octanol–water partition coefficient (Wildman–Crippen LogP) is 5.26.